The molecule has 3 aromatic rings. The van der Waals surface area contributed by atoms with Crippen LogP contribution in [0, 0.1) is 5.82 Å². The molecule has 126 valence electrons. The van der Waals surface area contributed by atoms with Crippen molar-refractivity contribution >= 4 is 34.2 Å². The van der Waals surface area contributed by atoms with Crippen LogP contribution in [0.1, 0.15) is 17.9 Å². The highest BCUT2D eigenvalue weighted by atomic mass is 19.1. The van der Waals surface area contributed by atoms with Gasteiger partial charge in [0.05, 0.1) is 17.0 Å². The zero-order chi connectivity index (χ0) is 17.6. The van der Waals surface area contributed by atoms with E-state index in [2.05, 4.69) is 20.6 Å². The second-order valence-corrected chi connectivity index (χ2v) is 5.87. The fourth-order valence-electron chi connectivity index (χ4n) is 3.01. The molecule has 0 saturated carbocycles. The lowest BCUT2D eigenvalue weighted by molar-refractivity contribution is -0.123. The molecule has 8 heteroatoms. The molecule has 0 fully saturated rings. The van der Waals surface area contributed by atoms with Gasteiger partial charge in [0.1, 0.15) is 5.82 Å². The molecule has 1 atom stereocenters. The largest absolute Gasteiger partial charge is 0.326 e. The third-order valence-corrected chi connectivity index (χ3v) is 4.15. The molecule has 0 radical (unpaired) electrons. The Kier molecular flexibility index (Phi) is 3.38. The molecule has 0 spiro atoms. The number of anilines is 2. The molecule has 7 nitrogen and oxygen atoms in total. The van der Waals surface area contributed by atoms with Gasteiger partial charge < -0.3 is 20.6 Å². The number of carbonyl (C=O) groups excluding carboxylic acids is 2. The van der Waals surface area contributed by atoms with E-state index in [1.807, 2.05) is 0 Å². The van der Waals surface area contributed by atoms with Gasteiger partial charge in [-0.05, 0) is 35.9 Å². The first kappa shape index (κ1) is 15.1. The van der Waals surface area contributed by atoms with Crippen molar-refractivity contribution in [2.75, 3.05) is 10.6 Å². The molecule has 0 aliphatic carbocycles. The number of imidazole rings is 1. The summed E-state index contributed by atoms with van der Waals surface area (Å²) in [6.45, 7) is 0. The summed E-state index contributed by atoms with van der Waals surface area (Å²) in [5.41, 5.74) is 2.21. The van der Waals surface area contributed by atoms with Gasteiger partial charge in [-0.15, -0.1) is 0 Å². The third kappa shape index (κ3) is 2.78. The summed E-state index contributed by atoms with van der Waals surface area (Å²) in [6, 6.07) is 8.90. The molecular formula is C17H13FN4O3. The van der Waals surface area contributed by atoms with Crippen LogP contribution in [0.3, 0.4) is 0 Å². The molecule has 0 saturated heterocycles. The SMILES string of the molecule is O=C1C[C@H](C(=O)Nc2ccc3[nH]c(=O)[nH]c3c2)c2ccc(F)cc2N1. The van der Waals surface area contributed by atoms with Gasteiger partial charge in [0.25, 0.3) is 0 Å². The smallest absolute Gasteiger partial charge is 0.323 e. The van der Waals surface area contributed by atoms with Crippen molar-refractivity contribution in [3.05, 3.63) is 58.3 Å². The number of rotatable bonds is 2. The van der Waals surface area contributed by atoms with Crippen LogP contribution in [0.15, 0.2) is 41.2 Å². The Bertz CT molecular complexity index is 1070. The first-order valence-corrected chi connectivity index (χ1v) is 7.62. The Hall–Kier alpha value is -3.42. The Morgan fingerprint density at radius 2 is 1.88 bits per heavy atom. The summed E-state index contributed by atoms with van der Waals surface area (Å²) in [6.07, 6.45) is -0.0201. The molecule has 2 heterocycles. The zero-order valence-electron chi connectivity index (χ0n) is 12.9. The summed E-state index contributed by atoms with van der Waals surface area (Å²) < 4.78 is 13.4. The Morgan fingerprint density at radius 1 is 1.08 bits per heavy atom. The summed E-state index contributed by atoms with van der Waals surface area (Å²) in [5, 5.41) is 5.31. The monoisotopic (exact) mass is 340 g/mol. The number of aromatic amines is 2. The lowest BCUT2D eigenvalue weighted by atomic mass is 9.89. The van der Waals surface area contributed by atoms with Crippen molar-refractivity contribution in [2.24, 2.45) is 0 Å². The molecule has 25 heavy (non-hydrogen) atoms. The number of amides is 2. The van der Waals surface area contributed by atoms with Gasteiger partial charge in [-0.3, -0.25) is 9.59 Å². The number of fused-ring (bicyclic) bond motifs is 2. The van der Waals surface area contributed by atoms with Crippen LogP contribution in [0.5, 0.6) is 0 Å². The molecule has 1 aliphatic heterocycles. The van der Waals surface area contributed by atoms with Gasteiger partial charge in [-0.25, -0.2) is 9.18 Å². The van der Waals surface area contributed by atoms with Crippen LogP contribution in [0.25, 0.3) is 11.0 Å². The highest BCUT2D eigenvalue weighted by Crippen LogP contribution is 2.33. The Labute approximate surface area is 140 Å². The minimum atomic E-state index is -0.717. The summed E-state index contributed by atoms with van der Waals surface area (Å²) in [5.74, 6) is -1.92. The number of nitrogens with one attached hydrogen (secondary N) is 4. The highest BCUT2D eigenvalue weighted by molar-refractivity contribution is 6.05. The maximum Gasteiger partial charge on any atom is 0.323 e. The van der Waals surface area contributed by atoms with Crippen LogP contribution in [0.2, 0.25) is 0 Å². The second-order valence-electron chi connectivity index (χ2n) is 5.87. The van der Waals surface area contributed by atoms with Gasteiger partial charge in [0, 0.05) is 17.8 Å². The summed E-state index contributed by atoms with van der Waals surface area (Å²) in [7, 11) is 0. The van der Waals surface area contributed by atoms with E-state index < -0.39 is 11.7 Å². The van der Waals surface area contributed by atoms with Gasteiger partial charge in [0.15, 0.2) is 0 Å². The molecule has 0 bridgehead atoms. The minimum Gasteiger partial charge on any atom is -0.326 e. The first-order valence-electron chi connectivity index (χ1n) is 7.62. The van der Waals surface area contributed by atoms with Crippen LogP contribution < -0.4 is 16.3 Å². The lowest BCUT2D eigenvalue weighted by Crippen LogP contribution is -2.30. The summed E-state index contributed by atoms with van der Waals surface area (Å²) >= 11 is 0. The van der Waals surface area contributed by atoms with Crippen molar-refractivity contribution in [3.63, 3.8) is 0 Å². The van der Waals surface area contributed by atoms with Crippen LogP contribution >= 0.6 is 0 Å². The third-order valence-electron chi connectivity index (χ3n) is 4.15. The van der Waals surface area contributed by atoms with Crippen molar-refractivity contribution in [2.45, 2.75) is 12.3 Å². The Morgan fingerprint density at radius 3 is 2.72 bits per heavy atom. The first-order chi connectivity index (χ1) is 12.0. The van der Waals surface area contributed by atoms with Gasteiger partial charge in [0.2, 0.25) is 11.8 Å². The number of aromatic nitrogens is 2. The normalized spacial score (nSPS) is 16.4. The number of hydrogen-bond acceptors (Lipinski definition) is 3. The molecule has 1 aromatic heterocycles. The van der Waals surface area contributed by atoms with Crippen LogP contribution in [-0.4, -0.2) is 21.8 Å². The molecule has 2 amide bonds. The maximum absolute atomic E-state index is 13.4. The van der Waals surface area contributed by atoms with Gasteiger partial charge in [-0.2, -0.15) is 0 Å². The van der Waals surface area contributed by atoms with E-state index >= 15 is 0 Å². The molecule has 4 rings (SSSR count). The average Bonchev–Trinajstić information content (AvgIpc) is 2.92. The number of carbonyl (C=O) groups is 2. The van der Waals surface area contributed by atoms with E-state index in [1.165, 1.54) is 18.2 Å². The molecule has 2 aromatic carbocycles. The van der Waals surface area contributed by atoms with Gasteiger partial charge in [-0.1, -0.05) is 6.07 Å². The zero-order valence-corrected chi connectivity index (χ0v) is 12.9. The molecule has 1 aliphatic rings. The number of hydrogen-bond donors (Lipinski definition) is 4. The molecule has 0 unspecified atom stereocenters. The van der Waals surface area contributed by atoms with Crippen molar-refractivity contribution < 1.29 is 14.0 Å². The van der Waals surface area contributed by atoms with E-state index in [0.29, 0.717) is 28.0 Å². The fraction of sp³-hybridized carbons (Fsp3) is 0.118. The van der Waals surface area contributed by atoms with E-state index in [1.54, 1.807) is 18.2 Å². The lowest BCUT2D eigenvalue weighted by Gasteiger charge is -2.24. The van der Waals surface area contributed by atoms with E-state index in [-0.39, 0.29) is 23.9 Å². The maximum atomic E-state index is 13.4. The standard InChI is InChI=1S/C17H13FN4O3/c18-8-1-3-10-11(7-15(23)20-13(10)5-8)16(24)19-9-2-4-12-14(6-9)22-17(25)21-12/h1-6,11H,7H2,(H,19,24)(H,20,23)(H2,21,22,25)/t11-/m0/s1. The van der Waals surface area contributed by atoms with E-state index in [0.717, 1.165) is 0 Å². The predicted octanol–water partition coefficient (Wildman–Crippen LogP) is 2.06. The van der Waals surface area contributed by atoms with E-state index in [4.69, 9.17) is 0 Å². The van der Waals surface area contributed by atoms with E-state index in [9.17, 15) is 18.8 Å². The predicted molar refractivity (Wildman–Crippen MR) is 89.9 cm³/mol. The molecule has 4 N–H and O–H groups in total. The van der Waals surface area contributed by atoms with Crippen LogP contribution in [-0.2, 0) is 9.59 Å². The fourth-order valence-corrected chi connectivity index (χ4v) is 3.01. The van der Waals surface area contributed by atoms with Crippen molar-refractivity contribution in [3.8, 4) is 0 Å². The van der Waals surface area contributed by atoms with Crippen LogP contribution in [0.4, 0.5) is 15.8 Å². The van der Waals surface area contributed by atoms with Crippen molar-refractivity contribution in [1.82, 2.24) is 9.97 Å². The number of halogens is 1. The topological polar surface area (TPSA) is 107 Å². The van der Waals surface area contributed by atoms with Gasteiger partial charge >= 0.3 is 5.69 Å². The highest BCUT2D eigenvalue weighted by Gasteiger charge is 2.31. The quantitative estimate of drug-likeness (QED) is 0.573. The minimum absolute atomic E-state index is 0.0201. The Balaban J connectivity index is 1.64. The average molecular weight is 340 g/mol. The summed E-state index contributed by atoms with van der Waals surface area (Å²) in [4.78, 5) is 41.0. The second kappa shape index (κ2) is 5.59. The number of H-pyrrole nitrogens is 2. The number of benzene rings is 2. The molecular weight excluding hydrogens is 327 g/mol. The van der Waals surface area contributed by atoms with Crippen molar-refractivity contribution in [1.29, 1.82) is 0 Å².